The molecule has 0 unspecified atom stereocenters. The minimum Gasteiger partial charge on any atom is -0.366 e. The fourth-order valence-electron chi connectivity index (χ4n) is 2.79. The Hall–Kier alpha value is -3.07. The number of anilines is 1. The van der Waals surface area contributed by atoms with E-state index in [0.29, 0.717) is 18.7 Å². The highest BCUT2D eigenvalue weighted by molar-refractivity contribution is 5.98. The molecule has 0 heterocycles. The van der Waals surface area contributed by atoms with Gasteiger partial charge in [0.1, 0.15) is 0 Å². The van der Waals surface area contributed by atoms with Crippen LogP contribution in [0.25, 0.3) is 0 Å². The molecule has 120 valence electrons. The van der Waals surface area contributed by atoms with Crippen molar-refractivity contribution in [3.8, 4) is 0 Å². The van der Waals surface area contributed by atoms with Crippen molar-refractivity contribution in [1.82, 2.24) is 0 Å². The summed E-state index contributed by atoms with van der Waals surface area (Å²) in [6.45, 7) is 1.42. The van der Waals surface area contributed by atoms with E-state index in [-0.39, 0.29) is 0 Å². The van der Waals surface area contributed by atoms with E-state index < -0.39 is 5.91 Å². The summed E-state index contributed by atoms with van der Waals surface area (Å²) in [5, 5.41) is 0. The Balaban J connectivity index is 1.97. The second-order valence-electron chi connectivity index (χ2n) is 5.71. The molecule has 3 aromatic rings. The third-order valence-corrected chi connectivity index (χ3v) is 3.94. The molecule has 2 N–H and O–H groups in total. The molecule has 3 aromatic carbocycles. The van der Waals surface area contributed by atoms with E-state index >= 15 is 0 Å². The summed E-state index contributed by atoms with van der Waals surface area (Å²) < 4.78 is 0. The van der Waals surface area contributed by atoms with Crippen LogP contribution in [-0.2, 0) is 13.1 Å². The van der Waals surface area contributed by atoms with Crippen molar-refractivity contribution in [3.63, 3.8) is 0 Å². The molecule has 0 aliphatic rings. The molecule has 1 amide bonds. The van der Waals surface area contributed by atoms with Gasteiger partial charge in [-0.2, -0.15) is 0 Å². The minimum atomic E-state index is -0.406. The van der Waals surface area contributed by atoms with Crippen molar-refractivity contribution in [2.24, 2.45) is 5.73 Å². The molecule has 0 fully saturated rings. The van der Waals surface area contributed by atoms with Crippen molar-refractivity contribution < 1.29 is 4.79 Å². The number of nitrogens with two attached hydrogens (primary N) is 1. The van der Waals surface area contributed by atoms with Gasteiger partial charge >= 0.3 is 0 Å². The van der Waals surface area contributed by atoms with Crippen LogP contribution >= 0.6 is 0 Å². The van der Waals surface area contributed by atoms with Crippen molar-refractivity contribution in [1.29, 1.82) is 0 Å². The number of hydrogen-bond acceptors (Lipinski definition) is 2. The molecule has 0 saturated heterocycles. The average Bonchev–Trinajstić information content (AvgIpc) is 2.63. The Morgan fingerprint density at radius 1 is 0.708 bits per heavy atom. The maximum absolute atomic E-state index is 11.8. The maximum atomic E-state index is 11.8. The monoisotopic (exact) mass is 316 g/mol. The first kappa shape index (κ1) is 15.8. The van der Waals surface area contributed by atoms with Crippen LogP contribution in [0.1, 0.15) is 21.5 Å². The summed E-state index contributed by atoms with van der Waals surface area (Å²) >= 11 is 0. The standard InChI is InChI=1S/C21H20N2O/c22-21(24)19-13-7-8-14-20(19)23(15-17-9-3-1-4-10-17)16-18-11-5-2-6-12-18/h1-14H,15-16H2,(H2,22,24). The molecule has 0 aromatic heterocycles. The van der Waals surface area contributed by atoms with Gasteiger partial charge in [0.2, 0.25) is 0 Å². The number of amides is 1. The van der Waals surface area contributed by atoms with Gasteiger partial charge in [-0.25, -0.2) is 0 Å². The molecule has 0 radical (unpaired) electrons. The zero-order valence-corrected chi connectivity index (χ0v) is 13.4. The van der Waals surface area contributed by atoms with Gasteiger partial charge in [0.15, 0.2) is 0 Å². The van der Waals surface area contributed by atoms with E-state index in [1.165, 1.54) is 11.1 Å². The largest absolute Gasteiger partial charge is 0.366 e. The molecule has 0 aliphatic carbocycles. The zero-order chi connectivity index (χ0) is 16.8. The topological polar surface area (TPSA) is 46.3 Å². The van der Waals surface area contributed by atoms with E-state index in [1.54, 1.807) is 6.07 Å². The molecule has 3 heteroatoms. The fraction of sp³-hybridized carbons (Fsp3) is 0.0952. The normalized spacial score (nSPS) is 10.3. The number of carbonyl (C=O) groups is 1. The van der Waals surface area contributed by atoms with Crippen LogP contribution in [0.15, 0.2) is 84.9 Å². The first-order valence-corrected chi connectivity index (χ1v) is 7.95. The third kappa shape index (κ3) is 3.82. The molecule has 0 aliphatic heterocycles. The summed E-state index contributed by atoms with van der Waals surface area (Å²) in [6.07, 6.45) is 0. The average molecular weight is 316 g/mol. The Morgan fingerprint density at radius 3 is 1.67 bits per heavy atom. The summed E-state index contributed by atoms with van der Waals surface area (Å²) in [5.41, 5.74) is 9.35. The number of rotatable bonds is 6. The number of nitrogens with zero attached hydrogens (tertiary/aromatic N) is 1. The van der Waals surface area contributed by atoms with Gasteiger partial charge in [0.25, 0.3) is 5.91 Å². The fourth-order valence-corrected chi connectivity index (χ4v) is 2.79. The molecule has 0 spiro atoms. The van der Waals surface area contributed by atoms with Crippen LogP contribution in [0.2, 0.25) is 0 Å². The van der Waals surface area contributed by atoms with Crippen LogP contribution in [0, 0.1) is 0 Å². The van der Waals surface area contributed by atoms with Crippen LogP contribution in [-0.4, -0.2) is 5.91 Å². The highest BCUT2D eigenvalue weighted by Gasteiger charge is 2.15. The van der Waals surface area contributed by atoms with Crippen molar-refractivity contribution in [2.75, 3.05) is 4.90 Å². The lowest BCUT2D eigenvalue weighted by Crippen LogP contribution is -2.25. The molecule has 0 atom stereocenters. The SMILES string of the molecule is NC(=O)c1ccccc1N(Cc1ccccc1)Cc1ccccc1. The number of primary amides is 1. The Kier molecular flexibility index (Phi) is 4.92. The molecule has 0 bridgehead atoms. The van der Waals surface area contributed by atoms with Crippen molar-refractivity contribution >= 4 is 11.6 Å². The van der Waals surface area contributed by atoms with E-state index in [9.17, 15) is 4.79 Å². The maximum Gasteiger partial charge on any atom is 0.250 e. The van der Waals surface area contributed by atoms with Crippen molar-refractivity contribution in [2.45, 2.75) is 13.1 Å². The first-order valence-electron chi connectivity index (χ1n) is 7.95. The molecule has 24 heavy (non-hydrogen) atoms. The third-order valence-electron chi connectivity index (χ3n) is 3.94. The van der Waals surface area contributed by atoms with Gasteiger partial charge in [0, 0.05) is 13.1 Å². The lowest BCUT2D eigenvalue weighted by molar-refractivity contribution is 0.100. The second-order valence-corrected chi connectivity index (χ2v) is 5.71. The van der Waals surface area contributed by atoms with Gasteiger partial charge in [0.05, 0.1) is 11.3 Å². The van der Waals surface area contributed by atoms with E-state index in [4.69, 9.17) is 5.73 Å². The lowest BCUT2D eigenvalue weighted by Gasteiger charge is -2.27. The lowest BCUT2D eigenvalue weighted by atomic mass is 10.1. The number of para-hydroxylation sites is 1. The predicted octanol–water partition coefficient (Wildman–Crippen LogP) is 3.99. The summed E-state index contributed by atoms with van der Waals surface area (Å²) in [5.74, 6) is -0.406. The quantitative estimate of drug-likeness (QED) is 0.747. The number of benzene rings is 3. The van der Waals surface area contributed by atoms with Gasteiger partial charge in [-0.3, -0.25) is 4.79 Å². The first-order chi connectivity index (χ1) is 11.7. The Labute approximate surface area is 142 Å². The minimum absolute atomic E-state index is 0.406. The molecular weight excluding hydrogens is 296 g/mol. The second kappa shape index (κ2) is 7.47. The van der Waals surface area contributed by atoms with Gasteiger partial charge in [-0.05, 0) is 23.3 Å². The van der Waals surface area contributed by atoms with Crippen LogP contribution in [0.3, 0.4) is 0 Å². The number of carbonyl (C=O) groups excluding carboxylic acids is 1. The van der Waals surface area contributed by atoms with E-state index in [2.05, 4.69) is 29.2 Å². The van der Waals surface area contributed by atoms with E-state index in [1.807, 2.05) is 54.6 Å². The zero-order valence-electron chi connectivity index (χ0n) is 13.4. The highest BCUT2D eigenvalue weighted by atomic mass is 16.1. The summed E-state index contributed by atoms with van der Waals surface area (Å²) in [6, 6.07) is 28.0. The highest BCUT2D eigenvalue weighted by Crippen LogP contribution is 2.24. The summed E-state index contributed by atoms with van der Waals surface area (Å²) in [7, 11) is 0. The van der Waals surface area contributed by atoms with Crippen molar-refractivity contribution in [3.05, 3.63) is 102 Å². The van der Waals surface area contributed by atoms with Gasteiger partial charge < -0.3 is 10.6 Å². The van der Waals surface area contributed by atoms with Gasteiger partial charge in [-0.15, -0.1) is 0 Å². The molecule has 3 nitrogen and oxygen atoms in total. The van der Waals surface area contributed by atoms with Crippen LogP contribution < -0.4 is 10.6 Å². The van der Waals surface area contributed by atoms with Crippen LogP contribution in [0.4, 0.5) is 5.69 Å². The van der Waals surface area contributed by atoms with E-state index in [0.717, 1.165) is 5.69 Å². The summed E-state index contributed by atoms with van der Waals surface area (Å²) in [4.78, 5) is 14.0. The smallest absolute Gasteiger partial charge is 0.250 e. The Morgan fingerprint density at radius 2 is 1.17 bits per heavy atom. The Bertz CT molecular complexity index is 759. The van der Waals surface area contributed by atoms with Gasteiger partial charge in [-0.1, -0.05) is 72.8 Å². The number of hydrogen-bond donors (Lipinski definition) is 1. The molecule has 3 rings (SSSR count). The molecule has 0 saturated carbocycles. The predicted molar refractivity (Wildman–Crippen MR) is 97.7 cm³/mol. The van der Waals surface area contributed by atoms with Crippen LogP contribution in [0.5, 0.6) is 0 Å². The molecular formula is C21H20N2O.